The summed E-state index contributed by atoms with van der Waals surface area (Å²) in [6, 6.07) is 23.1. The second-order valence-corrected chi connectivity index (χ2v) is 5.92. The van der Waals surface area contributed by atoms with E-state index in [1.165, 1.54) is 12.1 Å². The lowest BCUT2D eigenvalue weighted by Crippen LogP contribution is -2.01. The third-order valence-corrected chi connectivity index (χ3v) is 4.33. The van der Waals surface area contributed by atoms with Crippen LogP contribution in [0.2, 0.25) is 0 Å². The van der Waals surface area contributed by atoms with E-state index >= 15 is 0 Å². The molecular formula is C21H14N2O3. The van der Waals surface area contributed by atoms with E-state index in [4.69, 9.17) is 0 Å². The van der Waals surface area contributed by atoms with Crippen molar-refractivity contribution in [1.82, 2.24) is 0 Å². The average molecular weight is 342 g/mol. The standard InChI is InChI=1S/C21H14N2O3/c24-21-18-9-5-4-8-17(18)20(19(21)14-6-2-1-3-7-14)22-15-10-12-16(13-11-15)23(25)26/h1-13,22H. The summed E-state index contributed by atoms with van der Waals surface area (Å²) in [4.78, 5) is 23.3. The Morgan fingerprint density at radius 1 is 0.769 bits per heavy atom. The van der Waals surface area contributed by atoms with Crippen LogP contribution in [0.4, 0.5) is 11.4 Å². The van der Waals surface area contributed by atoms with Crippen LogP contribution in [0.1, 0.15) is 21.5 Å². The summed E-state index contributed by atoms with van der Waals surface area (Å²) in [6.07, 6.45) is 0. The fourth-order valence-electron chi connectivity index (χ4n) is 3.10. The number of benzene rings is 3. The van der Waals surface area contributed by atoms with Gasteiger partial charge >= 0.3 is 0 Å². The molecule has 0 heterocycles. The molecule has 0 fully saturated rings. The van der Waals surface area contributed by atoms with Gasteiger partial charge in [-0.2, -0.15) is 0 Å². The maximum atomic E-state index is 13.0. The number of carbonyl (C=O) groups is 1. The first-order valence-electron chi connectivity index (χ1n) is 8.10. The molecule has 1 aliphatic carbocycles. The first kappa shape index (κ1) is 15.8. The number of allylic oxidation sites excluding steroid dienone is 1. The summed E-state index contributed by atoms with van der Waals surface area (Å²) in [5, 5.41) is 14.1. The first-order valence-corrected chi connectivity index (χ1v) is 8.10. The van der Waals surface area contributed by atoms with Gasteiger partial charge in [-0.25, -0.2) is 0 Å². The van der Waals surface area contributed by atoms with Gasteiger partial charge in [0.1, 0.15) is 0 Å². The number of nitro groups is 1. The number of hydrogen-bond donors (Lipinski definition) is 1. The molecule has 0 aromatic heterocycles. The highest BCUT2D eigenvalue weighted by atomic mass is 16.6. The monoisotopic (exact) mass is 342 g/mol. The van der Waals surface area contributed by atoms with E-state index in [9.17, 15) is 14.9 Å². The zero-order chi connectivity index (χ0) is 18.1. The number of nitrogens with zero attached hydrogens (tertiary/aromatic N) is 1. The summed E-state index contributed by atoms with van der Waals surface area (Å²) < 4.78 is 0. The van der Waals surface area contributed by atoms with Gasteiger partial charge < -0.3 is 5.32 Å². The lowest BCUT2D eigenvalue weighted by Gasteiger charge is -2.11. The third kappa shape index (κ3) is 2.65. The quantitative estimate of drug-likeness (QED) is 0.547. The highest BCUT2D eigenvalue weighted by molar-refractivity contribution is 6.40. The van der Waals surface area contributed by atoms with E-state index in [0.717, 1.165) is 11.1 Å². The lowest BCUT2D eigenvalue weighted by molar-refractivity contribution is -0.384. The van der Waals surface area contributed by atoms with Crippen LogP contribution >= 0.6 is 0 Å². The van der Waals surface area contributed by atoms with Crippen molar-refractivity contribution in [2.45, 2.75) is 0 Å². The maximum absolute atomic E-state index is 13.0. The van der Waals surface area contributed by atoms with Crippen molar-refractivity contribution in [3.8, 4) is 0 Å². The van der Waals surface area contributed by atoms with Crippen LogP contribution in [-0.4, -0.2) is 10.7 Å². The Morgan fingerprint density at radius 3 is 2.04 bits per heavy atom. The Bertz CT molecular complexity index is 1040. The molecule has 126 valence electrons. The van der Waals surface area contributed by atoms with Gasteiger partial charge in [0.2, 0.25) is 0 Å². The summed E-state index contributed by atoms with van der Waals surface area (Å²) in [6.45, 7) is 0. The van der Waals surface area contributed by atoms with Gasteiger partial charge in [-0.3, -0.25) is 14.9 Å². The van der Waals surface area contributed by atoms with Gasteiger partial charge in [0, 0.05) is 28.9 Å². The van der Waals surface area contributed by atoms with E-state index in [-0.39, 0.29) is 11.5 Å². The Morgan fingerprint density at radius 2 is 1.38 bits per heavy atom. The molecule has 3 aromatic carbocycles. The number of nitrogens with one attached hydrogen (secondary N) is 1. The average Bonchev–Trinajstić information content (AvgIpc) is 2.95. The highest BCUT2D eigenvalue weighted by Gasteiger charge is 2.30. The van der Waals surface area contributed by atoms with Gasteiger partial charge in [-0.1, -0.05) is 54.6 Å². The Kier molecular flexibility index (Phi) is 3.82. The molecule has 1 N–H and O–H groups in total. The van der Waals surface area contributed by atoms with Gasteiger partial charge in [-0.05, 0) is 17.7 Å². The smallest absolute Gasteiger partial charge is 0.269 e. The number of non-ortho nitro benzene ring substituents is 1. The van der Waals surface area contributed by atoms with Crippen LogP contribution in [0.3, 0.4) is 0 Å². The second-order valence-electron chi connectivity index (χ2n) is 5.92. The molecule has 3 aromatic rings. The van der Waals surface area contributed by atoms with E-state index in [1.54, 1.807) is 12.1 Å². The predicted molar refractivity (Wildman–Crippen MR) is 101 cm³/mol. The largest absolute Gasteiger partial charge is 0.354 e. The number of carbonyl (C=O) groups excluding carboxylic acids is 1. The van der Waals surface area contributed by atoms with Gasteiger partial charge in [-0.15, -0.1) is 0 Å². The Labute approximate surface area is 149 Å². The van der Waals surface area contributed by atoms with Crippen LogP contribution in [0, 0.1) is 10.1 Å². The zero-order valence-corrected chi connectivity index (χ0v) is 13.7. The first-order chi connectivity index (χ1) is 12.6. The van der Waals surface area contributed by atoms with Crippen molar-refractivity contribution in [3.05, 3.63) is 106 Å². The molecule has 0 saturated heterocycles. The van der Waals surface area contributed by atoms with E-state index in [2.05, 4.69) is 5.32 Å². The predicted octanol–water partition coefficient (Wildman–Crippen LogP) is 4.77. The van der Waals surface area contributed by atoms with Gasteiger partial charge in [0.15, 0.2) is 5.78 Å². The summed E-state index contributed by atoms with van der Waals surface area (Å²) in [7, 11) is 0. The van der Waals surface area contributed by atoms with Crippen LogP contribution < -0.4 is 5.32 Å². The molecule has 26 heavy (non-hydrogen) atoms. The minimum atomic E-state index is -0.438. The van der Waals surface area contributed by atoms with Crippen LogP contribution in [0.15, 0.2) is 78.9 Å². The molecule has 0 amide bonds. The fourth-order valence-corrected chi connectivity index (χ4v) is 3.10. The number of ketones is 1. The molecule has 0 atom stereocenters. The molecule has 0 spiro atoms. The number of anilines is 1. The molecule has 0 aliphatic heterocycles. The van der Waals surface area contributed by atoms with E-state index < -0.39 is 4.92 Å². The second kappa shape index (κ2) is 6.29. The Balaban J connectivity index is 1.82. The fraction of sp³-hybridized carbons (Fsp3) is 0. The van der Waals surface area contributed by atoms with Gasteiger partial charge in [0.05, 0.1) is 16.2 Å². The lowest BCUT2D eigenvalue weighted by atomic mass is 10.0. The third-order valence-electron chi connectivity index (χ3n) is 4.33. The molecule has 0 radical (unpaired) electrons. The van der Waals surface area contributed by atoms with Crippen LogP contribution in [0.5, 0.6) is 0 Å². The minimum Gasteiger partial charge on any atom is -0.354 e. The summed E-state index contributed by atoms with van der Waals surface area (Å²) in [5.74, 6) is -0.0313. The molecule has 4 rings (SSSR count). The molecule has 0 saturated carbocycles. The topological polar surface area (TPSA) is 72.2 Å². The number of hydrogen-bond acceptors (Lipinski definition) is 4. The number of fused-ring (bicyclic) bond motifs is 1. The van der Waals surface area contributed by atoms with Crippen molar-refractivity contribution in [1.29, 1.82) is 0 Å². The zero-order valence-electron chi connectivity index (χ0n) is 13.7. The van der Waals surface area contributed by atoms with Crippen molar-refractivity contribution in [2.75, 3.05) is 5.32 Å². The van der Waals surface area contributed by atoms with Crippen molar-refractivity contribution in [3.63, 3.8) is 0 Å². The molecular weight excluding hydrogens is 328 g/mol. The highest BCUT2D eigenvalue weighted by Crippen LogP contribution is 2.38. The molecule has 0 bridgehead atoms. The SMILES string of the molecule is O=C1C(c2ccccc2)=C(Nc2ccc([N+](=O)[O-])cc2)c2ccccc21. The summed E-state index contributed by atoms with van der Waals surface area (Å²) in [5.41, 5.74) is 4.33. The van der Waals surface area contributed by atoms with Crippen molar-refractivity contribution in [2.24, 2.45) is 0 Å². The minimum absolute atomic E-state index is 0.0238. The normalized spacial score (nSPS) is 12.8. The van der Waals surface area contributed by atoms with E-state index in [1.807, 2.05) is 54.6 Å². The molecule has 5 heteroatoms. The molecule has 0 unspecified atom stereocenters. The maximum Gasteiger partial charge on any atom is 0.269 e. The number of rotatable bonds is 4. The molecule has 1 aliphatic rings. The van der Waals surface area contributed by atoms with Crippen LogP contribution in [0.25, 0.3) is 11.3 Å². The molecule has 5 nitrogen and oxygen atoms in total. The van der Waals surface area contributed by atoms with Crippen molar-refractivity contribution < 1.29 is 9.72 Å². The van der Waals surface area contributed by atoms with E-state index in [0.29, 0.717) is 22.5 Å². The number of Topliss-reactive ketones (excluding diaryl/α,β-unsaturated/α-hetero) is 1. The van der Waals surface area contributed by atoms with Crippen LogP contribution in [-0.2, 0) is 0 Å². The van der Waals surface area contributed by atoms with Crippen molar-refractivity contribution >= 4 is 28.4 Å². The number of nitro benzene ring substituents is 1. The Hall–Kier alpha value is -3.73. The van der Waals surface area contributed by atoms with Gasteiger partial charge in [0.25, 0.3) is 5.69 Å². The summed E-state index contributed by atoms with van der Waals surface area (Å²) >= 11 is 0.